The van der Waals surface area contributed by atoms with Gasteiger partial charge in [-0.2, -0.15) is 0 Å². The normalized spacial score (nSPS) is 13.1. The molecule has 1 aromatic heterocycles. The van der Waals surface area contributed by atoms with Gasteiger partial charge in [-0.3, -0.25) is 0 Å². The van der Waals surface area contributed by atoms with Crippen LogP contribution in [-0.4, -0.2) is 0 Å². The number of hydrogen-bond acceptors (Lipinski definition) is 1. The number of rotatable bonds is 5. The molecule has 1 nitrogen and oxygen atoms in total. The van der Waals surface area contributed by atoms with Crippen LogP contribution in [0.4, 0.5) is 0 Å². The zero-order valence-corrected chi connectivity index (χ0v) is 9.89. The Bertz CT molecular complexity index is 273. The summed E-state index contributed by atoms with van der Waals surface area (Å²) in [6.45, 7) is 8.84. The van der Waals surface area contributed by atoms with Gasteiger partial charge in [0.05, 0.1) is 6.26 Å². The third-order valence-corrected chi connectivity index (χ3v) is 2.99. The van der Waals surface area contributed by atoms with Crippen molar-refractivity contribution in [3.05, 3.63) is 23.2 Å². The van der Waals surface area contributed by atoms with Gasteiger partial charge in [-0.15, -0.1) is 0 Å². The lowest BCUT2D eigenvalue weighted by atomic mass is 9.93. The predicted octanol–water partition coefficient (Wildman–Crippen LogP) is 4.44. The first-order valence-corrected chi connectivity index (χ1v) is 5.81. The molecule has 1 heteroatoms. The van der Waals surface area contributed by atoms with Crippen molar-refractivity contribution in [2.75, 3.05) is 0 Å². The largest absolute Gasteiger partial charge is 0.468 e. The van der Waals surface area contributed by atoms with Crippen molar-refractivity contribution in [3.8, 4) is 0 Å². The van der Waals surface area contributed by atoms with Gasteiger partial charge in [0, 0.05) is 5.92 Å². The third-order valence-electron chi connectivity index (χ3n) is 2.99. The van der Waals surface area contributed by atoms with E-state index in [1.54, 1.807) is 0 Å². The molecule has 0 radical (unpaired) electrons. The van der Waals surface area contributed by atoms with E-state index in [2.05, 4.69) is 27.7 Å². The van der Waals surface area contributed by atoms with Crippen LogP contribution < -0.4 is 0 Å². The van der Waals surface area contributed by atoms with Gasteiger partial charge in [-0.05, 0) is 37.3 Å². The molecular weight excluding hydrogens is 172 g/mol. The van der Waals surface area contributed by atoms with Gasteiger partial charge < -0.3 is 4.42 Å². The Labute approximate surface area is 87.5 Å². The summed E-state index contributed by atoms with van der Waals surface area (Å²) in [5, 5.41) is 0. The maximum Gasteiger partial charge on any atom is 0.110 e. The molecule has 0 saturated carbocycles. The third kappa shape index (κ3) is 2.20. The second-order valence-corrected chi connectivity index (χ2v) is 4.01. The molecule has 0 amide bonds. The Morgan fingerprint density at radius 2 is 2.00 bits per heavy atom. The summed E-state index contributed by atoms with van der Waals surface area (Å²) in [4.78, 5) is 0. The first-order chi connectivity index (χ1) is 6.74. The molecule has 1 aromatic rings. The van der Waals surface area contributed by atoms with Gasteiger partial charge in [0.25, 0.3) is 0 Å². The summed E-state index contributed by atoms with van der Waals surface area (Å²) in [5.41, 5.74) is 2.75. The van der Waals surface area contributed by atoms with Crippen LogP contribution in [0.3, 0.4) is 0 Å². The molecule has 1 heterocycles. The summed E-state index contributed by atoms with van der Waals surface area (Å²) in [6.07, 6.45) is 6.68. The molecule has 1 atom stereocenters. The maximum atomic E-state index is 5.69. The highest BCUT2D eigenvalue weighted by Gasteiger charge is 2.17. The Balaban J connectivity index is 2.91. The minimum absolute atomic E-state index is 0.628. The molecule has 1 rings (SSSR count). The minimum Gasteiger partial charge on any atom is -0.468 e. The van der Waals surface area contributed by atoms with Crippen molar-refractivity contribution in [3.63, 3.8) is 0 Å². The average molecular weight is 194 g/mol. The molecule has 0 aliphatic heterocycles. The van der Waals surface area contributed by atoms with Gasteiger partial charge in [-0.1, -0.05) is 27.2 Å². The Hall–Kier alpha value is -0.720. The van der Waals surface area contributed by atoms with Crippen molar-refractivity contribution in [2.24, 2.45) is 0 Å². The highest BCUT2D eigenvalue weighted by atomic mass is 16.3. The van der Waals surface area contributed by atoms with Crippen LogP contribution in [0.5, 0.6) is 0 Å². The zero-order chi connectivity index (χ0) is 10.6. The molecule has 0 fully saturated rings. The molecule has 0 aromatic carbocycles. The summed E-state index contributed by atoms with van der Waals surface area (Å²) >= 11 is 0. The van der Waals surface area contributed by atoms with E-state index >= 15 is 0 Å². The van der Waals surface area contributed by atoms with E-state index in [0.717, 1.165) is 6.42 Å². The zero-order valence-electron chi connectivity index (χ0n) is 9.89. The molecule has 0 aliphatic carbocycles. The second kappa shape index (κ2) is 5.23. The molecule has 0 aliphatic rings. The lowest BCUT2D eigenvalue weighted by Gasteiger charge is -2.12. The summed E-state index contributed by atoms with van der Waals surface area (Å²) in [6, 6.07) is 0. The summed E-state index contributed by atoms with van der Waals surface area (Å²) in [7, 11) is 0. The van der Waals surface area contributed by atoms with E-state index in [1.165, 1.54) is 36.1 Å². The van der Waals surface area contributed by atoms with E-state index in [0.29, 0.717) is 5.92 Å². The van der Waals surface area contributed by atoms with Crippen molar-refractivity contribution in [1.82, 2.24) is 0 Å². The van der Waals surface area contributed by atoms with Gasteiger partial charge in [-0.25, -0.2) is 0 Å². The van der Waals surface area contributed by atoms with E-state index in [1.807, 2.05) is 6.26 Å². The standard InChI is InChI=1S/C13H22O/c1-5-8-11(6-2)13-12(7-3)10(4)9-14-13/h9,11H,5-8H2,1-4H3. The molecule has 0 spiro atoms. The maximum absolute atomic E-state index is 5.69. The topological polar surface area (TPSA) is 13.1 Å². The highest BCUT2D eigenvalue weighted by molar-refractivity contribution is 5.29. The quantitative estimate of drug-likeness (QED) is 0.675. The summed E-state index contributed by atoms with van der Waals surface area (Å²) < 4.78 is 5.69. The Morgan fingerprint density at radius 1 is 1.29 bits per heavy atom. The van der Waals surface area contributed by atoms with Crippen molar-refractivity contribution in [2.45, 2.75) is 59.3 Å². The van der Waals surface area contributed by atoms with Crippen LogP contribution in [-0.2, 0) is 6.42 Å². The lowest BCUT2D eigenvalue weighted by Crippen LogP contribution is -1.99. The second-order valence-electron chi connectivity index (χ2n) is 4.01. The monoisotopic (exact) mass is 194 g/mol. The Kier molecular flexibility index (Phi) is 4.24. The molecule has 0 bridgehead atoms. The molecule has 14 heavy (non-hydrogen) atoms. The van der Waals surface area contributed by atoms with Crippen molar-refractivity contribution < 1.29 is 4.42 Å². The number of furan rings is 1. The SMILES string of the molecule is CCCC(CC)c1occ(C)c1CC. The number of aryl methyl sites for hydroxylation is 1. The van der Waals surface area contributed by atoms with E-state index < -0.39 is 0 Å². The molecule has 0 saturated heterocycles. The molecular formula is C13H22O. The molecule has 80 valence electrons. The van der Waals surface area contributed by atoms with Gasteiger partial charge in [0.2, 0.25) is 0 Å². The predicted molar refractivity (Wildman–Crippen MR) is 60.8 cm³/mol. The van der Waals surface area contributed by atoms with Crippen LogP contribution in [0.15, 0.2) is 10.7 Å². The van der Waals surface area contributed by atoms with Crippen molar-refractivity contribution in [1.29, 1.82) is 0 Å². The van der Waals surface area contributed by atoms with Gasteiger partial charge in [0.15, 0.2) is 0 Å². The highest BCUT2D eigenvalue weighted by Crippen LogP contribution is 2.30. The van der Waals surface area contributed by atoms with Gasteiger partial charge in [0.1, 0.15) is 5.76 Å². The first kappa shape index (κ1) is 11.4. The molecule has 0 N–H and O–H groups in total. The van der Waals surface area contributed by atoms with E-state index in [4.69, 9.17) is 4.42 Å². The number of hydrogen-bond donors (Lipinski definition) is 0. The van der Waals surface area contributed by atoms with Crippen LogP contribution in [0.1, 0.15) is 62.8 Å². The van der Waals surface area contributed by atoms with Gasteiger partial charge >= 0.3 is 0 Å². The van der Waals surface area contributed by atoms with Crippen LogP contribution in [0.25, 0.3) is 0 Å². The summed E-state index contributed by atoms with van der Waals surface area (Å²) in [5.74, 6) is 1.87. The smallest absolute Gasteiger partial charge is 0.110 e. The van der Waals surface area contributed by atoms with Crippen LogP contribution in [0.2, 0.25) is 0 Å². The van der Waals surface area contributed by atoms with Crippen LogP contribution >= 0.6 is 0 Å². The fourth-order valence-corrected chi connectivity index (χ4v) is 2.15. The van der Waals surface area contributed by atoms with E-state index in [-0.39, 0.29) is 0 Å². The minimum atomic E-state index is 0.628. The van der Waals surface area contributed by atoms with Crippen molar-refractivity contribution >= 4 is 0 Å². The molecule has 1 unspecified atom stereocenters. The first-order valence-electron chi connectivity index (χ1n) is 5.81. The Morgan fingerprint density at radius 3 is 2.50 bits per heavy atom. The fraction of sp³-hybridized carbons (Fsp3) is 0.692. The van der Waals surface area contributed by atoms with Crippen LogP contribution in [0, 0.1) is 6.92 Å². The average Bonchev–Trinajstić information content (AvgIpc) is 2.56. The fourth-order valence-electron chi connectivity index (χ4n) is 2.15. The lowest BCUT2D eigenvalue weighted by molar-refractivity contribution is 0.432. The van der Waals surface area contributed by atoms with E-state index in [9.17, 15) is 0 Å².